The van der Waals surface area contributed by atoms with Crippen molar-refractivity contribution < 1.29 is 9.53 Å². The predicted molar refractivity (Wildman–Crippen MR) is 125 cm³/mol. The molecule has 0 saturated carbocycles. The molecule has 0 bridgehead atoms. The minimum absolute atomic E-state index is 0.138. The summed E-state index contributed by atoms with van der Waals surface area (Å²) in [6.07, 6.45) is 5.09. The van der Waals surface area contributed by atoms with Gasteiger partial charge in [-0.05, 0) is 48.9 Å². The number of ether oxygens (including phenoxy) is 1. The van der Waals surface area contributed by atoms with E-state index in [0.717, 1.165) is 27.9 Å². The summed E-state index contributed by atoms with van der Waals surface area (Å²) in [5.41, 5.74) is 6.97. The van der Waals surface area contributed by atoms with E-state index in [4.69, 9.17) is 4.74 Å². The van der Waals surface area contributed by atoms with E-state index in [-0.39, 0.29) is 12.5 Å². The van der Waals surface area contributed by atoms with Crippen LogP contribution in [0, 0.1) is 0 Å². The molecule has 9 heteroatoms. The van der Waals surface area contributed by atoms with Crippen LogP contribution in [0.5, 0.6) is 5.75 Å². The lowest BCUT2D eigenvalue weighted by Gasteiger charge is -2.11. The Hall–Kier alpha value is -3.72. The second-order valence-electron chi connectivity index (χ2n) is 6.94. The van der Waals surface area contributed by atoms with Gasteiger partial charge in [-0.2, -0.15) is 5.10 Å². The molecule has 0 unspecified atom stereocenters. The highest BCUT2D eigenvalue weighted by atomic mass is 32.2. The Morgan fingerprint density at radius 3 is 2.75 bits per heavy atom. The van der Waals surface area contributed by atoms with E-state index in [1.807, 2.05) is 49.4 Å². The van der Waals surface area contributed by atoms with E-state index in [1.54, 1.807) is 36.5 Å². The highest BCUT2D eigenvalue weighted by Crippen LogP contribution is 2.27. The summed E-state index contributed by atoms with van der Waals surface area (Å²) < 4.78 is 7.28. The van der Waals surface area contributed by atoms with Crippen molar-refractivity contribution in [3.8, 4) is 5.75 Å². The standard InChI is InChI=1S/C23H22N6O2S/c1-16(27-28-22(30)13-29-15-26-19-6-3-4-7-20(19)29)17-8-9-21(31-2)18(12-17)14-32-23-24-10-5-11-25-23/h3-12,15H,13-14H2,1-2H3,(H,28,30)/b27-16+. The lowest BCUT2D eigenvalue weighted by atomic mass is 10.1. The summed E-state index contributed by atoms with van der Waals surface area (Å²) >= 11 is 1.52. The van der Waals surface area contributed by atoms with Gasteiger partial charge in [-0.3, -0.25) is 4.79 Å². The number of amides is 1. The van der Waals surface area contributed by atoms with Crippen LogP contribution < -0.4 is 10.2 Å². The summed E-state index contributed by atoms with van der Waals surface area (Å²) in [6.45, 7) is 1.99. The van der Waals surface area contributed by atoms with Crippen LogP contribution >= 0.6 is 11.8 Å². The minimum atomic E-state index is -0.224. The molecule has 2 aromatic heterocycles. The largest absolute Gasteiger partial charge is 0.496 e. The lowest BCUT2D eigenvalue weighted by Crippen LogP contribution is -2.24. The first kappa shape index (κ1) is 21.5. The number of thioether (sulfide) groups is 1. The van der Waals surface area contributed by atoms with Gasteiger partial charge >= 0.3 is 0 Å². The second kappa shape index (κ2) is 10.1. The van der Waals surface area contributed by atoms with Crippen molar-refractivity contribution in [2.45, 2.75) is 24.4 Å². The number of nitrogens with zero attached hydrogens (tertiary/aromatic N) is 5. The number of carbonyl (C=O) groups excluding carboxylic acids is 1. The number of carbonyl (C=O) groups is 1. The van der Waals surface area contributed by atoms with E-state index in [2.05, 4.69) is 25.5 Å². The van der Waals surface area contributed by atoms with Gasteiger partial charge in [0.15, 0.2) is 5.16 Å². The van der Waals surface area contributed by atoms with Crippen LogP contribution in [0.3, 0.4) is 0 Å². The van der Waals surface area contributed by atoms with Crippen molar-refractivity contribution in [1.29, 1.82) is 0 Å². The SMILES string of the molecule is COc1ccc(/C(C)=N/NC(=O)Cn2cnc3ccccc32)cc1CSc1ncccn1. The molecule has 0 aliphatic rings. The average Bonchev–Trinajstić information content (AvgIpc) is 3.24. The van der Waals surface area contributed by atoms with Crippen molar-refractivity contribution in [1.82, 2.24) is 24.9 Å². The van der Waals surface area contributed by atoms with Crippen LogP contribution in [0.4, 0.5) is 0 Å². The first-order valence-electron chi connectivity index (χ1n) is 9.94. The number of hydrogen-bond acceptors (Lipinski definition) is 7. The molecule has 0 aliphatic heterocycles. The number of imidazole rings is 1. The van der Waals surface area contributed by atoms with Crippen molar-refractivity contribution in [2.75, 3.05) is 7.11 Å². The molecule has 0 aliphatic carbocycles. The number of nitrogens with one attached hydrogen (secondary N) is 1. The van der Waals surface area contributed by atoms with Crippen molar-refractivity contribution >= 4 is 34.4 Å². The molecule has 1 N–H and O–H groups in total. The van der Waals surface area contributed by atoms with Crippen molar-refractivity contribution in [3.63, 3.8) is 0 Å². The number of hydrazone groups is 1. The number of aromatic nitrogens is 4. The number of methoxy groups -OCH3 is 1. The van der Waals surface area contributed by atoms with Gasteiger partial charge in [0.25, 0.3) is 5.91 Å². The van der Waals surface area contributed by atoms with Crippen LogP contribution in [0.2, 0.25) is 0 Å². The maximum atomic E-state index is 12.4. The Bertz CT molecular complexity index is 1260. The molecule has 0 radical (unpaired) electrons. The van der Waals surface area contributed by atoms with Gasteiger partial charge in [-0.1, -0.05) is 23.9 Å². The molecule has 4 rings (SSSR count). The third-order valence-corrected chi connectivity index (χ3v) is 5.71. The van der Waals surface area contributed by atoms with Crippen molar-refractivity contribution in [2.24, 2.45) is 5.10 Å². The van der Waals surface area contributed by atoms with Gasteiger partial charge in [0.2, 0.25) is 0 Å². The topological polar surface area (TPSA) is 94.3 Å². The third-order valence-electron chi connectivity index (χ3n) is 4.79. The Balaban J connectivity index is 1.43. The molecule has 4 aromatic rings. The molecule has 1 amide bonds. The van der Waals surface area contributed by atoms with Crippen LogP contribution in [-0.4, -0.2) is 38.2 Å². The van der Waals surface area contributed by atoms with Crippen LogP contribution in [0.15, 0.2) is 77.5 Å². The van der Waals surface area contributed by atoms with Gasteiger partial charge in [-0.15, -0.1) is 0 Å². The molecule has 2 heterocycles. The van der Waals surface area contributed by atoms with E-state index in [9.17, 15) is 4.79 Å². The fraction of sp³-hybridized carbons (Fsp3) is 0.174. The molecule has 0 spiro atoms. The third kappa shape index (κ3) is 5.12. The highest BCUT2D eigenvalue weighted by Gasteiger charge is 2.10. The molecular weight excluding hydrogens is 424 g/mol. The van der Waals surface area contributed by atoms with Gasteiger partial charge in [0, 0.05) is 23.7 Å². The first-order valence-corrected chi connectivity index (χ1v) is 10.9. The summed E-state index contributed by atoms with van der Waals surface area (Å²) in [6, 6.07) is 15.3. The maximum absolute atomic E-state index is 12.4. The monoisotopic (exact) mass is 446 g/mol. The van der Waals surface area contributed by atoms with Gasteiger partial charge in [0.1, 0.15) is 12.3 Å². The van der Waals surface area contributed by atoms with Gasteiger partial charge in [0.05, 0.1) is 30.2 Å². The van der Waals surface area contributed by atoms with E-state index < -0.39 is 0 Å². The number of rotatable bonds is 8. The number of fused-ring (bicyclic) bond motifs is 1. The molecule has 0 atom stereocenters. The summed E-state index contributed by atoms with van der Waals surface area (Å²) in [5.74, 6) is 1.20. The summed E-state index contributed by atoms with van der Waals surface area (Å²) in [4.78, 5) is 25.2. The Morgan fingerprint density at radius 2 is 1.94 bits per heavy atom. The molecule has 2 aromatic carbocycles. The molecule has 8 nitrogen and oxygen atoms in total. The van der Waals surface area contributed by atoms with Crippen LogP contribution in [0.25, 0.3) is 11.0 Å². The zero-order chi connectivity index (χ0) is 22.3. The van der Waals surface area contributed by atoms with E-state index in [1.165, 1.54) is 11.8 Å². The normalized spacial score (nSPS) is 11.5. The zero-order valence-electron chi connectivity index (χ0n) is 17.7. The summed E-state index contributed by atoms with van der Waals surface area (Å²) in [7, 11) is 1.64. The first-order chi connectivity index (χ1) is 15.6. The summed E-state index contributed by atoms with van der Waals surface area (Å²) in [5, 5.41) is 4.98. The molecule has 32 heavy (non-hydrogen) atoms. The number of hydrogen-bond donors (Lipinski definition) is 1. The zero-order valence-corrected chi connectivity index (χ0v) is 18.5. The fourth-order valence-corrected chi connectivity index (χ4v) is 3.94. The van der Waals surface area contributed by atoms with Gasteiger partial charge in [-0.25, -0.2) is 20.4 Å². The quantitative estimate of drug-likeness (QED) is 0.192. The Labute approximate surface area is 189 Å². The maximum Gasteiger partial charge on any atom is 0.260 e. The lowest BCUT2D eigenvalue weighted by molar-refractivity contribution is -0.121. The average molecular weight is 447 g/mol. The van der Waals surface area contributed by atoms with Gasteiger partial charge < -0.3 is 9.30 Å². The second-order valence-corrected chi connectivity index (χ2v) is 7.88. The highest BCUT2D eigenvalue weighted by molar-refractivity contribution is 7.98. The minimum Gasteiger partial charge on any atom is -0.496 e. The smallest absolute Gasteiger partial charge is 0.260 e. The molecule has 0 fully saturated rings. The van der Waals surface area contributed by atoms with Crippen LogP contribution in [-0.2, 0) is 17.1 Å². The molecule has 0 saturated heterocycles. The van der Waals surface area contributed by atoms with Crippen molar-refractivity contribution in [3.05, 3.63) is 78.4 Å². The number of para-hydroxylation sites is 2. The van der Waals surface area contributed by atoms with E-state index in [0.29, 0.717) is 16.6 Å². The predicted octanol–water partition coefficient (Wildman–Crippen LogP) is 3.67. The van der Waals surface area contributed by atoms with E-state index >= 15 is 0 Å². The molecular formula is C23H22N6O2S. The van der Waals surface area contributed by atoms with Crippen LogP contribution in [0.1, 0.15) is 18.1 Å². The Morgan fingerprint density at radius 1 is 1.12 bits per heavy atom. The Kier molecular flexibility index (Phi) is 6.76. The molecule has 162 valence electrons. The number of benzene rings is 2. The fourth-order valence-electron chi connectivity index (χ4n) is 3.16.